The minimum atomic E-state index is 0.0615. The van der Waals surface area contributed by atoms with Gasteiger partial charge in [0.1, 0.15) is 0 Å². The molecule has 3 heteroatoms. The molecule has 2 atom stereocenters. The molecule has 2 unspecified atom stereocenters. The topological polar surface area (TPSA) is 38.5 Å². The van der Waals surface area contributed by atoms with Crippen molar-refractivity contribution < 1.29 is 4.74 Å². The fourth-order valence-electron chi connectivity index (χ4n) is 1.97. The number of ether oxygens (including phenoxy) is 1. The molecule has 0 radical (unpaired) electrons. The molecule has 86 valence electrons. The van der Waals surface area contributed by atoms with Crippen LogP contribution in [0.5, 0.6) is 0 Å². The van der Waals surface area contributed by atoms with Crippen molar-refractivity contribution in [1.82, 2.24) is 4.90 Å². The lowest BCUT2D eigenvalue weighted by Crippen LogP contribution is -2.47. The summed E-state index contributed by atoms with van der Waals surface area (Å²) < 4.78 is 5.43. The third-order valence-corrected chi connectivity index (χ3v) is 2.98. The molecule has 1 aliphatic rings. The van der Waals surface area contributed by atoms with Gasteiger partial charge < -0.3 is 10.5 Å². The Balaban J connectivity index is 2.55. The highest BCUT2D eigenvalue weighted by Gasteiger charge is 2.38. The zero-order valence-electron chi connectivity index (χ0n) is 9.61. The van der Waals surface area contributed by atoms with Crippen molar-refractivity contribution in [3.8, 4) is 0 Å². The van der Waals surface area contributed by atoms with Crippen LogP contribution in [0.15, 0.2) is 25.3 Å². The summed E-state index contributed by atoms with van der Waals surface area (Å²) in [6.07, 6.45) is 3.82. The van der Waals surface area contributed by atoms with Gasteiger partial charge in [-0.3, -0.25) is 4.90 Å². The van der Waals surface area contributed by atoms with Crippen LogP contribution in [-0.4, -0.2) is 43.8 Å². The van der Waals surface area contributed by atoms with Crippen LogP contribution in [0.3, 0.4) is 0 Å². The maximum atomic E-state index is 6.05. The zero-order valence-corrected chi connectivity index (χ0v) is 9.61. The van der Waals surface area contributed by atoms with Crippen molar-refractivity contribution in [3.63, 3.8) is 0 Å². The van der Waals surface area contributed by atoms with E-state index in [0.717, 1.165) is 26.2 Å². The molecular weight excluding hydrogens is 188 g/mol. The third-order valence-electron chi connectivity index (χ3n) is 2.98. The first-order valence-electron chi connectivity index (χ1n) is 5.40. The molecule has 0 aromatic carbocycles. The van der Waals surface area contributed by atoms with E-state index < -0.39 is 0 Å². The van der Waals surface area contributed by atoms with Crippen molar-refractivity contribution in [2.75, 3.05) is 32.8 Å². The Labute approximate surface area is 92.6 Å². The van der Waals surface area contributed by atoms with Crippen molar-refractivity contribution in [3.05, 3.63) is 25.3 Å². The Morgan fingerprint density at radius 1 is 1.47 bits per heavy atom. The number of hydrogen-bond donors (Lipinski definition) is 1. The van der Waals surface area contributed by atoms with Crippen molar-refractivity contribution in [1.29, 1.82) is 0 Å². The van der Waals surface area contributed by atoms with Crippen LogP contribution in [0.2, 0.25) is 0 Å². The van der Waals surface area contributed by atoms with Gasteiger partial charge in [0.05, 0.1) is 13.2 Å². The second-order valence-corrected chi connectivity index (χ2v) is 4.55. The van der Waals surface area contributed by atoms with E-state index in [0.29, 0.717) is 6.61 Å². The average molecular weight is 210 g/mol. The summed E-state index contributed by atoms with van der Waals surface area (Å²) >= 11 is 0. The predicted molar refractivity (Wildman–Crippen MR) is 63.7 cm³/mol. The van der Waals surface area contributed by atoms with Crippen molar-refractivity contribution >= 4 is 0 Å². The molecule has 0 bridgehead atoms. The van der Waals surface area contributed by atoms with E-state index in [1.807, 2.05) is 12.2 Å². The Hall–Kier alpha value is -0.640. The van der Waals surface area contributed by atoms with E-state index in [1.165, 1.54) is 0 Å². The summed E-state index contributed by atoms with van der Waals surface area (Å²) in [6.45, 7) is 13.8. The molecule has 0 aliphatic carbocycles. The molecular formula is C12H22N2O. The van der Waals surface area contributed by atoms with Gasteiger partial charge >= 0.3 is 0 Å². The number of nitrogens with two attached hydrogens (primary N) is 1. The van der Waals surface area contributed by atoms with Crippen LogP contribution in [0.1, 0.15) is 6.92 Å². The van der Waals surface area contributed by atoms with Crippen LogP contribution in [0.25, 0.3) is 0 Å². The monoisotopic (exact) mass is 210 g/mol. The fraction of sp³-hybridized carbons (Fsp3) is 0.667. The lowest BCUT2D eigenvalue weighted by Gasteiger charge is -2.33. The SMILES string of the molecule is C=CCN(CC=C)CC1(C)COCC1N. The summed E-state index contributed by atoms with van der Waals surface area (Å²) in [5, 5.41) is 0. The minimum absolute atomic E-state index is 0.0615. The van der Waals surface area contributed by atoms with E-state index in [4.69, 9.17) is 10.5 Å². The summed E-state index contributed by atoms with van der Waals surface area (Å²) in [6, 6.07) is 0.134. The molecule has 0 spiro atoms. The Kier molecular flexibility index (Phi) is 4.51. The second-order valence-electron chi connectivity index (χ2n) is 4.55. The summed E-state index contributed by atoms with van der Waals surface area (Å²) in [4.78, 5) is 2.29. The van der Waals surface area contributed by atoms with Gasteiger partial charge in [-0.05, 0) is 0 Å². The van der Waals surface area contributed by atoms with Crippen LogP contribution < -0.4 is 5.73 Å². The van der Waals surface area contributed by atoms with Crippen LogP contribution in [0, 0.1) is 5.41 Å². The van der Waals surface area contributed by atoms with Crippen molar-refractivity contribution in [2.45, 2.75) is 13.0 Å². The lowest BCUT2D eigenvalue weighted by molar-refractivity contribution is 0.129. The van der Waals surface area contributed by atoms with E-state index >= 15 is 0 Å². The molecule has 1 aliphatic heterocycles. The summed E-state index contributed by atoms with van der Waals surface area (Å²) in [5.41, 5.74) is 6.11. The molecule has 0 aromatic heterocycles. The summed E-state index contributed by atoms with van der Waals surface area (Å²) in [5.74, 6) is 0. The molecule has 2 N–H and O–H groups in total. The van der Waals surface area contributed by atoms with Gasteiger partial charge in [-0.15, -0.1) is 13.2 Å². The van der Waals surface area contributed by atoms with Crippen molar-refractivity contribution in [2.24, 2.45) is 11.1 Å². The average Bonchev–Trinajstić information content (AvgIpc) is 2.48. The molecule has 0 aromatic rings. The first-order chi connectivity index (χ1) is 7.12. The number of rotatable bonds is 6. The highest BCUT2D eigenvalue weighted by molar-refractivity contribution is 4.94. The Morgan fingerprint density at radius 3 is 2.47 bits per heavy atom. The van der Waals surface area contributed by atoms with E-state index in [-0.39, 0.29) is 11.5 Å². The number of nitrogens with zero attached hydrogens (tertiary/aromatic N) is 1. The highest BCUT2D eigenvalue weighted by atomic mass is 16.5. The standard InChI is InChI=1S/C12H22N2O/c1-4-6-14(7-5-2)9-12(3)10-15-8-11(12)13/h4-5,11H,1-2,6-10,13H2,3H3. The second kappa shape index (κ2) is 5.45. The van der Waals surface area contributed by atoms with Gasteiger partial charge in [-0.25, -0.2) is 0 Å². The fourth-order valence-corrected chi connectivity index (χ4v) is 1.97. The maximum Gasteiger partial charge on any atom is 0.0624 e. The minimum Gasteiger partial charge on any atom is -0.379 e. The molecule has 0 amide bonds. The largest absolute Gasteiger partial charge is 0.379 e. The van der Waals surface area contributed by atoms with Crippen LogP contribution >= 0.6 is 0 Å². The molecule has 3 nitrogen and oxygen atoms in total. The smallest absolute Gasteiger partial charge is 0.0624 e. The molecule has 15 heavy (non-hydrogen) atoms. The Bertz CT molecular complexity index is 220. The lowest BCUT2D eigenvalue weighted by atomic mass is 9.85. The predicted octanol–water partition coefficient (Wildman–Crippen LogP) is 1.02. The first-order valence-corrected chi connectivity index (χ1v) is 5.40. The molecule has 1 heterocycles. The highest BCUT2D eigenvalue weighted by Crippen LogP contribution is 2.27. The van der Waals surface area contributed by atoms with E-state index in [1.54, 1.807) is 0 Å². The van der Waals surface area contributed by atoms with Gasteiger partial charge in [0.25, 0.3) is 0 Å². The number of hydrogen-bond acceptors (Lipinski definition) is 3. The maximum absolute atomic E-state index is 6.05. The molecule has 1 fully saturated rings. The molecule has 0 saturated carbocycles. The van der Waals surface area contributed by atoms with Gasteiger partial charge in [0.2, 0.25) is 0 Å². The van der Waals surface area contributed by atoms with Gasteiger partial charge in [0.15, 0.2) is 0 Å². The van der Waals surface area contributed by atoms with E-state index in [9.17, 15) is 0 Å². The molecule has 1 saturated heterocycles. The van der Waals surface area contributed by atoms with Gasteiger partial charge in [0, 0.05) is 31.1 Å². The van der Waals surface area contributed by atoms with Gasteiger partial charge in [-0.1, -0.05) is 19.1 Å². The van der Waals surface area contributed by atoms with Crippen LogP contribution in [0.4, 0.5) is 0 Å². The normalized spacial score (nSPS) is 30.7. The quantitative estimate of drug-likeness (QED) is 0.665. The summed E-state index contributed by atoms with van der Waals surface area (Å²) in [7, 11) is 0. The van der Waals surface area contributed by atoms with E-state index in [2.05, 4.69) is 25.0 Å². The first kappa shape index (κ1) is 12.4. The van der Waals surface area contributed by atoms with Gasteiger partial charge in [-0.2, -0.15) is 0 Å². The third kappa shape index (κ3) is 3.16. The molecule has 1 rings (SSSR count). The van der Waals surface area contributed by atoms with Crippen LogP contribution in [-0.2, 0) is 4.74 Å². The zero-order chi connectivity index (χ0) is 11.3. The Morgan fingerprint density at radius 2 is 2.07 bits per heavy atom.